The van der Waals surface area contributed by atoms with Gasteiger partial charge in [-0.25, -0.2) is 0 Å². The van der Waals surface area contributed by atoms with Gasteiger partial charge < -0.3 is 24.2 Å². The molecule has 3 aliphatic rings. The average molecular weight is 582 g/mol. The monoisotopic (exact) mass is 581 g/mol. The molecule has 0 aliphatic carbocycles. The fourth-order valence-corrected chi connectivity index (χ4v) is 6.12. The van der Waals surface area contributed by atoms with E-state index >= 15 is 0 Å². The van der Waals surface area contributed by atoms with Crippen LogP contribution in [0.15, 0.2) is 30.9 Å². The molecule has 10 nitrogen and oxygen atoms in total. The van der Waals surface area contributed by atoms with Crippen molar-refractivity contribution in [1.82, 2.24) is 24.7 Å². The van der Waals surface area contributed by atoms with Crippen molar-refractivity contribution in [3.05, 3.63) is 53.2 Å². The van der Waals surface area contributed by atoms with E-state index < -0.39 is 6.61 Å². The number of fused-ring (bicyclic) bond motifs is 1. The van der Waals surface area contributed by atoms with Gasteiger partial charge in [-0.3, -0.25) is 9.69 Å². The van der Waals surface area contributed by atoms with Crippen molar-refractivity contribution in [3.8, 4) is 17.8 Å². The summed E-state index contributed by atoms with van der Waals surface area (Å²) in [5, 5.41) is 9.47. The Hall–Kier alpha value is -3.82. The minimum absolute atomic E-state index is 0.166. The van der Waals surface area contributed by atoms with Gasteiger partial charge in [0.15, 0.2) is 0 Å². The maximum atomic E-state index is 13.1. The van der Waals surface area contributed by atoms with Gasteiger partial charge in [-0.05, 0) is 51.1 Å². The van der Waals surface area contributed by atoms with Gasteiger partial charge in [0.05, 0.1) is 24.2 Å². The van der Waals surface area contributed by atoms with Gasteiger partial charge in [-0.1, -0.05) is 18.7 Å². The first-order valence-electron chi connectivity index (χ1n) is 14.3. The highest BCUT2D eigenvalue weighted by Gasteiger charge is 2.35. The van der Waals surface area contributed by atoms with Crippen LogP contribution >= 0.6 is 0 Å². The van der Waals surface area contributed by atoms with E-state index in [9.17, 15) is 18.8 Å². The Kier molecular flexibility index (Phi) is 9.18. The Morgan fingerprint density at radius 2 is 2.07 bits per heavy atom. The fourth-order valence-electron chi connectivity index (χ4n) is 6.12. The molecule has 42 heavy (non-hydrogen) atoms. The summed E-state index contributed by atoms with van der Waals surface area (Å²) in [6.07, 6.45) is 3.65. The quantitative estimate of drug-likeness (QED) is 0.391. The number of carbonyl (C=O) groups excluding carboxylic acids is 1. The predicted octanol–water partition coefficient (Wildman–Crippen LogP) is 3.49. The summed E-state index contributed by atoms with van der Waals surface area (Å²) in [6, 6.07) is 7.64. The molecule has 0 N–H and O–H groups in total. The van der Waals surface area contributed by atoms with Crippen LogP contribution in [-0.4, -0.2) is 89.1 Å². The van der Waals surface area contributed by atoms with Gasteiger partial charge in [0.1, 0.15) is 18.2 Å². The SMILES string of the molecule is C=CC(=O)N1CCN(c2nc(OC[C@@H]3CCCN3C)nc3c2CN(Cc2c(C)cccc2OC(F)F)C3)C[C@@H]1CC#N. The van der Waals surface area contributed by atoms with Crippen molar-refractivity contribution in [2.24, 2.45) is 0 Å². The maximum Gasteiger partial charge on any atom is 0.387 e. The molecule has 224 valence electrons. The minimum Gasteiger partial charge on any atom is -0.462 e. The number of carbonyl (C=O) groups is 1. The highest BCUT2D eigenvalue weighted by molar-refractivity contribution is 5.87. The number of anilines is 1. The average Bonchev–Trinajstić information content (AvgIpc) is 3.57. The lowest BCUT2D eigenvalue weighted by atomic mass is 10.1. The molecule has 0 radical (unpaired) electrons. The summed E-state index contributed by atoms with van der Waals surface area (Å²) >= 11 is 0. The zero-order chi connectivity index (χ0) is 29.8. The number of hydrogen-bond donors (Lipinski definition) is 0. The second kappa shape index (κ2) is 13.0. The van der Waals surface area contributed by atoms with Crippen LogP contribution in [0.5, 0.6) is 11.8 Å². The number of aryl methyl sites for hydroxylation is 1. The Bertz CT molecular complexity index is 1350. The van der Waals surface area contributed by atoms with Crippen LogP contribution < -0.4 is 14.4 Å². The number of likely N-dealkylation sites (tertiary alicyclic amines) is 1. The molecular formula is C30H37F2N7O3. The molecule has 4 heterocycles. The molecule has 0 bridgehead atoms. The standard InChI is InChI=1S/C30H37F2N7O3/c1-4-27(40)39-14-13-38(15-21(39)10-11-33)28-24-17-37(16-23-20(2)7-5-9-26(23)42-29(31)32)18-25(24)34-30(35-28)41-19-22-8-6-12-36(22)3/h4-5,7,9,21-22,29H,1,6,8,10,12-19H2,2-3H3/t21-,22-/m0/s1. The summed E-state index contributed by atoms with van der Waals surface area (Å²) < 4.78 is 37.3. The van der Waals surface area contributed by atoms with Gasteiger partial charge in [0.25, 0.3) is 0 Å². The minimum atomic E-state index is -2.91. The molecule has 2 saturated heterocycles. The van der Waals surface area contributed by atoms with Crippen molar-refractivity contribution in [2.45, 2.75) is 64.5 Å². The summed E-state index contributed by atoms with van der Waals surface area (Å²) in [5.74, 6) is 0.692. The van der Waals surface area contributed by atoms with Crippen LogP contribution in [0.4, 0.5) is 14.6 Å². The molecule has 0 unspecified atom stereocenters. The van der Waals surface area contributed by atoms with E-state index in [1.807, 2.05) is 13.0 Å². The molecular weight excluding hydrogens is 544 g/mol. The van der Waals surface area contributed by atoms with E-state index in [1.165, 1.54) is 6.08 Å². The number of likely N-dealkylation sites (N-methyl/N-ethyl adjacent to an activating group) is 1. The number of benzene rings is 1. The lowest BCUT2D eigenvalue weighted by Crippen LogP contribution is -2.55. The van der Waals surface area contributed by atoms with Crippen molar-refractivity contribution in [3.63, 3.8) is 0 Å². The summed E-state index contributed by atoms with van der Waals surface area (Å²) in [7, 11) is 2.09. The van der Waals surface area contributed by atoms with Crippen LogP contribution in [0, 0.1) is 18.3 Å². The van der Waals surface area contributed by atoms with Crippen molar-refractivity contribution in [1.29, 1.82) is 5.26 Å². The van der Waals surface area contributed by atoms with E-state index in [2.05, 4.69) is 34.4 Å². The zero-order valence-electron chi connectivity index (χ0n) is 24.1. The third kappa shape index (κ3) is 6.47. The molecule has 2 fully saturated rings. The number of halogens is 2. The van der Waals surface area contributed by atoms with E-state index in [0.717, 1.165) is 42.0 Å². The highest BCUT2D eigenvalue weighted by Crippen LogP contribution is 2.35. The van der Waals surface area contributed by atoms with Crippen LogP contribution in [-0.2, 0) is 24.4 Å². The first-order valence-corrected chi connectivity index (χ1v) is 14.3. The number of nitriles is 1. The van der Waals surface area contributed by atoms with Crippen molar-refractivity contribution < 1.29 is 23.0 Å². The van der Waals surface area contributed by atoms with Crippen LogP contribution in [0.25, 0.3) is 0 Å². The van der Waals surface area contributed by atoms with E-state index in [0.29, 0.717) is 63.5 Å². The highest BCUT2D eigenvalue weighted by atomic mass is 19.3. The van der Waals surface area contributed by atoms with E-state index in [-0.39, 0.29) is 24.1 Å². The number of amides is 1. The topological polar surface area (TPSA) is 98.1 Å². The molecule has 1 aromatic heterocycles. The molecule has 5 rings (SSSR count). The first kappa shape index (κ1) is 29.7. The zero-order valence-corrected chi connectivity index (χ0v) is 24.1. The number of ether oxygens (including phenoxy) is 2. The van der Waals surface area contributed by atoms with Gasteiger partial charge in [0.2, 0.25) is 5.91 Å². The van der Waals surface area contributed by atoms with Gasteiger partial charge in [-0.15, -0.1) is 0 Å². The molecule has 12 heteroatoms. The molecule has 2 atom stereocenters. The smallest absolute Gasteiger partial charge is 0.387 e. The van der Waals surface area contributed by atoms with Crippen LogP contribution in [0.1, 0.15) is 41.6 Å². The predicted molar refractivity (Wildman–Crippen MR) is 152 cm³/mol. The number of nitrogens with zero attached hydrogens (tertiary/aromatic N) is 7. The Morgan fingerprint density at radius 1 is 1.24 bits per heavy atom. The third-order valence-corrected chi connectivity index (χ3v) is 8.41. The number of hydrogen-bond acceptors (Lipinski definition) is 9. The van der Waals surface area contributed by atoms with Gasteiger partial charge >= 0.3 is 12.6 Å². The van der Waals surface area contributed by atoms with Crippen molar-refractivity contribution >= 4 is 11.7 Å². The molecule has 0 spiro atoms. The molecule has 0 saturated carbocycles. The van der Waals surface area contributed by atoms with E-state index in [4.69, 9.17) is 19.4 Å². The largest absolute Gasteiger partial charge is 0.462 e. The van der Waals surface area contributed by atoms with Crippen LogP contribution in [0.2, 0.25) is 0 Å². The Balaban J connectivity index is 1.42. The Labute approximate surface area is 245 Å². The molecule has 1 amide bonds. The number of piperazine rings is 1. The fraction of sp³-hybridized carbons (Fsp3) is 0.533. The molecule has 3 aliphatic heterocycles. The lowest BCUT2D eigenvalue weighted by Gasteiger charge is -2.41. The maximum absolute atomic E-state index is 13.1. The van der Waals surface area contributed by atoms with Crippen molar-refractivity contribution in [2.75, 3.05) is 44.7 Å². The summed E-state index contributed by atoms with van der Waals surface area (Å²) in [6.45, 7) is 6.88. The number of alkyl halides is 2. The van der Waals surface area contributed by atoms with Gasteiger partial charge in [-0.2, -0.15) is 24.0 Å². The normalized spacial score (nSPS) is 21.0. The molecule has 1 aromatic carbocycles. The number of aromatic nitrogens is 2. The summed E-state index contributed by atoms with van der Waals surface area (Å²) in [4.78, 5) is 30.3. The Morgan fingerprint density at radius 3 is 2.79 bits per heavy atom. The summed E-state index contributed by atoms with van der Waals surface area (Å²) in [5.41, 5.74) is 3.32. The molecule has 2 aromatic rings. The second-order valence-corrected chi connectivity index (χ2v) is 11.1. The van der Waals surface area contributed by atoms with Crippen LogP contribution in [0.3, 0.4) is 0 Å². The second-order valence-electron chi connectivity index (χ2n) is 11.1. The number of rotatable bonds is 10. The van der Waals surface area contributed by atoms with Gasteiger partial charge in [0, 0.05) is 56.4 Å². The lowest BCUT2D eigenvalue weighted by molar-refractivity contribution is -0.128. The third-order valence-electron chi connectivity index (χ3n) is 8.41. The first-order chi connectivity index (χ1) is 20.3. The van der Waals surface area contributed by atoms with E-state index in [1.54, 1.807) is 17.0 Å².